The third-order valence-corrected chi connectivity index (χ3v) is 4.74. The van der Waals surface area contributed by atoms with Gasteiger partial charge in [0.15, 0.2) is 11.5 Å². The van der Waals surface area contributed by atoms with Crippen molar-refractivity contribution in [2.24, 2.45) is 5.73 Å². The average molecular weight is 357 g/mol. The normalized spacial score (nSPS) is 16.6. The van der Waals surface area contributed by atoms with E-state index in [1.807, 2.05) is 24.3 Å². The van der Waals surface area contributed by atoms with Crippen LogP contribution in [-0.4, -0.2) is 0 Å². The van der Waals surface area contributed by atoms with Gasteiger partial charge in [-0.2, -0.15) is 5.26 Å². The van der Waals surface area contributed by atoms with Gasteiger partial charge in [0.25, 0.3) is 0 Å². The van der Waals surface area contributed by atoms with Gasteiger partial charge < -0.3 is 14.9 Å². The summed E-state index contributed by atoms with van der Waals surface area (Å²) in [5.41, 5.74) is 7.69. The number of allylic oxidation sites excluding steroid dienone is 1. The molecule has 118 valence electrons. The molecule has 0 amide bonds. The molecule has 1 aromatic heterocycles. The van der Waals surface area contributed by atoms with Crippen LogP contribution in [0, 0.1) is 11.3 Å². The van der Waals surface area contributed by atoms with Gasteiger partial charge in [0.05, 0.1) is 21.3 Å². The number of nitrogens with zero attached hydrogens (tertiary/aromatic N) is 1. The van der Waals surface area contributed by atoms with Gasteiger partial charge in [-0.05, 0) is 29.8 Å². The van der Waals surface area contributed by atoms with Crippen molar-refractivity contribution >= 4 is 34.2 Å². The summed E-state index contributed by atoms with van der Waals surface area (Å²) in [6, 6.07) is 14.8. The molecule has 1 aliphatic rings. The van der Waals surface area contributed by atoms with Gasteiger partial charge in [-0.1, -0.05) is 41.4 Å². The van der Waals surface area contributed by atoms with E-state index in [1.54, 1.807) is 18.2 Å². The van der Waals surface area contributed by atoms with E-state index < -0.39 is 5.92 Å². The first-order chi connectivity index (χ1) is 11.6. The molecule has 4 nitrogen and oxygen atoms in total. The second-order valence-electron chi connectivity index (χ2n) is 5.39. The number of nitrogens with two attached hydrogens (primary N) is 1. The van der Waals surface area contributed by atoms with Crippen LogP contribution in [0.5, 0.6) is 5.75 Å². The fraction of sp³-hybridized carbons (Fsp3) is 0.0556. The maximum Gasteiger partial charge on any atom is 0.206 e. The van der Waals surface area contributed by atoms with Gasteiger partial charge in [-0.25, -0.2) is 0 Å². The third kappa shape index (κ3) is 2.14. The molecular formula is C18H10Cl2N2O2. The van der Waals surface area contributed by atoms with Crippen molar-refractivity contribution in [3.8, 4) is 11.8 Å². The minimum Gasteiger partial charge on any atom is -0.456 e. The molecule has 0 saturated carbocycles. The molecule has 0 spiro atoms. The van der Waals surface area contributed by atoms with E-state index in [-0.39, 0.29) is 11.5 Å². The minimum absolute atomic E-state index is 0.0626. The lowest BCUT2D eigenvalue weighted by molar-refractivity contribution is 0.372. The highest BCUT2D eigenvalue weighted by Gasteiger charge is 2.35. The maximum atomic E-state index is 9.55. The van der Waals surface area contributed by atoms with E-state index in [2.05, 4.69) is 6.07 Å². The standard InChI is InChI=1S/C18H10Cl2N2O2/c19-12-6-5-9(7-13(12)20)15-11(8-21)18(22)24-16-10-3-1-2-4-14(10)23-17(15)16/h1-7,15H,22H2. The van der Waals surface area contributed by atoms with E-state index in [1.165, 1.54) is 0 Å². The zero-order chi connectivity index (χ0) is 16.8. The third-order valence-electron chi connectivity index (χ3n) is 4.00. The fourth-order valence-electron chi connectivity index (χ4n) is 2.90. The van der Waals surface area contributed by atoms with E-state index in [0.717, 1.165) is 10.9 Å². The first kappa shape index (κ1) is 14.9. The number of hydrogen-bond donors (Lipinski definition) is 1. The molecule has 3 aromatic rings. The molecule has 2 heterocycles. The molecule has 0 saturated heterocycles. The summed E-state index contributed by atoms with van der Waals surface area (Å²) in [7, 11) is 0. The lowest BCUT2D eigenvalue weighted by atomic mass is 9.88. The van der Waals surface area contributed by atoms with Gasteiger partial charge in [-0.15, -0.1) is 0 Å². The molecule has 0 radical (unpaired) electrons. The van der Waals surface area contributed by atoms with Crippen LogP contribution in [-0.2, 0) is 0 Å². The Balaban J connectivity index is 2.00. The molecule has 0 aliphatic carbocycles. The molecule has 2 aromatic carbocycles. The molecule has 24 heavy (non-hydrogen) atoms. The van der Waals surface area contributed by atoms with Crippen molar-refractivity contribution in [3.63, 3.8) is 0 Å². The van der Waals surface area contributed by atoms with Crippen LogP contribution >= 0.6 is 23.2 Å². The van der Waals surface area contributed by atoms with Crippen LogP contribution < -0.4 is 10.5 Å². The van der Waals surface area contributed by atoms with Crippen molar-refractivity contribution < 1.29 is 9.15 Å². The first-order valence-corrected chi connectivity index (χ1v) is 7.89. The summed E-state index contributed by atoms with van der Waals surface area (Å²) in [4.78, 5) is 0. The van der Waals surface area contributed by atoms with E-state index in [0.29, 0.717) is 27.1 Å². The number of halogens is 2. The Bertz CT molecular complexity index is 1050. The fourth-order valence-corrected chi connectivity index (χ4v) is 3.21. The van der Waals surface area contributed by atoms with Gasteiger partial charge in [0.1, 0.15) is 17.2 Å². The van der Waals surface area contributed by atoms with Crippen LogP contribution in [0.25, 0.3) is 11.0 Å². The molecule has 4 rings (SSSR count). The molecule has 0 bridgehead atoms. The number of furan rings is 1. The topological polar surface area (TPSA) is 72.2 Å². The molecule has 2 N–H and O–H groups in total. The summed E-state index contributed by atoms with van der Waals surface area (Å²) in [5.74, 6) is 0.618. The van der Waals surface area contributed by atoms with Gasteiger partial charge >= 0.3 is 0 Å². The lowest BCUT2D eigenvalue weighted by Gasteiger charge is -2.22. The molecule has 0 fully saturated rings. The van der Waals surface area contributed by atoms with Gasteiger partial charge in [-0.3, -0.25) is 0 Å². The number of rotatable bonds is 1. The number of benzene rings is 2. The van der Waals surface area contributed by atoms with Crippen molar-refractivity contribution in [1.29, 1.82) is 5.26 Å². The SMILES string of the molecule is N#CC1=C(N)Oc2c(oc3ccccc23)C1c1ccc(Cl)c(Cl)c1. The Kier molecular flexibility index (Phi) is 3.42. The molecule has 1 atom stereocenters. The zero-order valence-corrected chi connectivity index (χ0v) is 13.7. The highest BCUT2D eigenvalue weighted by Crippen LogP contribution is 2.47. The molecule has 1 unspecified atom stereocenters. The van der Waals surface area contributed by atoms with E-state index >= 15 is 0 Å². The van der Waals surface area contributed by atoms with Crippen LogP contribution in [0.15, 0.2) is 58.3 Å². The Morgan fingerprint density at radius 1 is 1.08 bits per heavy atom. The summed E-state index contributed by atoms with van der Waals surface area (Å²) in [6.45, 7) is 0. The van der Waals surface area contributed by atoms with Crippen LogP contribution in [0.2, 0.25) is 10.0 Å². The number of hydrogen-bond acceptors (Lipinski definition) is 4. The second-order valence-corrected chi connectivity index (χ2v) is 6.20. The quantitative estimate of drug-likeness (QED) is 0.668. The van der Waals surface area contributed by atoms with E-state index in [9.17, 15) is 5.26 Å². The maximum absolute atomic E-state index is 9.55. The highest BCUT2D eigenvalue weighted by atomic mass is 35.5. The van der Waals surface area contributed by atoms with Crippen molar-refractivity contribution in [3.05, 3.63) is 75.3 Å². The predicted octanol–water partition coefficient (Wildman–Crippen LogP) is 4.96. The Morgan fingerprint density at radius 3 is 2.62 bits per heavy atom. The number of para-hydroxylation sites is 1. The number of ether oxygens (including phenoxy) is 1. The summed E-state index contributed by atoms with van der Waals surface area (Å²) < 4.78 is 11.6. The summed E-state index contributed by atoms with van der Waals surface area (Å²) >= 11 is 12.1. The van der Waals surface area contributed by atoms with Crippen LogP contribution in [0.4, 0.5) is 0 Å². The summed E-state index contributed by atoms with van der Waals surface area (Å²) in [6.07, 6.45) is 0. The summed E-state index contributed by atoms with van der Waals surface area (Å²) in [5, 5.41) is 11.2. The van der Waals surface area contributed by atoms with Crippen LogP contribution in [0.3, 0.4) is 0 Å². The molecule has 1 aliphatic heterocycles. The lowest BCUT2D eigenvalue weighted by Crippen LogP contribution is -2.20. The Morgan fingerprint density at radius 2 is 1.88 bits per heavy atom. The Labute approximate surface area is 147 Å². The first-order valence-electron chi connectivity index (χ1n) is 7.14. The Hall–Kier alpha value is -2.61. The van der Waals surface area contributed by atoms with Crippen molar-refractivity contribution in [1.82, 2.24) is 0 Å². The zero-order valence-electron chi connectivity index (χ0n) is 12.2. The monoisotopic (exact) mass is 356 g/mol. The van der Waals surface area contributed by atoms with Crippen molar-refractivity contribution in [2.75, 3.05) is 0 Å². The predicted molar refractivity (Wildman–Crippen MR) is 92.0 cm³/mol. The largest absolute Gasteiger partial charge is 0.456 e. The van der Waals surface area contributed by atoms with Crippen molar-refractivity contribution in [2.45, 2.75) is 5.92 Å². The van der Waals surface area contributed by atoms with Crippen LogP contribution in [0.1, 0.15) is 17.2 Å². The smallest absolute Gasteiger partial charge is 0.206 e. The van der Waals surface area contributed by atoms with Gasteiger partial charge in [0, 0.05) is 0 Å². The molecule has 6 heteroatoms. The second kappa shape index (κ2) is 5.48. The minimum atomic E-state index is -0.499. The molecular weight excluding hydrogens is 347 g/mol. The highest BCUT2D eigenvalue weighted by molar-refractivity contribution is 6.42. The van der Waals surface area contributed by atoms with E-state index in [4.69, 9.17) is 38.1 Å². The number of nitriles is 1. The number of fused-ring (bicyclic) bond motifs is 3. The average Bonchev–Trinajstić information content (AvgIpc) is 2.94. The van der Waals surface area contributed by atoms with Gasteiger partial charge in [0.2, 0.25) is 5.88 Å².